The Morgan fingerprint density at radius 2 is 1.95 bits per heavy atom. The Labute approximate surface area is 129 Å². The van der Waals surface area contributed by atoms with Gasteiger partial charge in [-0.1, -0.05) is 34.6 Å². The molecule has 1 aliphatic heterocycles. The summed E-state index contributed by atoms with van der Waals surface area (Å²) >= 11 is 0. The third-order valence-corrected chi connectivity index (χ3v) is 4.27. The van der Waals surface area contributed by atoms with Crippen molar-refractivity contribution >= 4 is 5.95 Å². The van der Waals surface area contributed by atoms with Gasteiger partial charge in [-0.3, -0.25) is 0 Å². The minimum atomic E-state index is 0.370. The fourth-order valence-electron chi connectivity index (χ4n) is 2.76. The van der Waals surface area contributed by atoms with Gasteiger partial charge >= 0.3 is 0 Å². The van der Waals surface area contributed by atoms with E-state index in [0.717, 1.165) is 43.6 Å². The Balaban J connectivity index is 1.88. The van der Waals surface area contributed by atoms with Gasteiger partial charge in [0.2, 0.25) is 5.95 Å². The summed E-state index contributed by atoms with van der Waals surface area (Å²) in [5.41, 5.74) is 1.53. The van der Waals surface area contributed by atoms with Crippen LogP contribution in [0.25, 0.3) is 0 Å². The molecule has 4 heteroatoms. The van der Waals surface area contributed by atoms with Crippen LogP contribution in [0.1, 0.15) is 46.6 Å². The number of rotatable bonds is 5. The molecule has 0 radical (unpaired) electrons. The Hall–Kier alpha value is -1.16. The van der Waals surface area contributed by atoms with Gasteiger partial charge in [-0.15, -0.1) is 0 Å². The van der Waals surface area contributed by atoms with Gasteiger partial charge in [0.15, 0.2) is 0 Å². The van der Waals surface area contributed by atoms with Crippen LogP contribution in [0.5, 0.6) is 0 Å². The maximum absolute atomic E-state index is 4.55. The van der Waals surface area contributed by atoms with E-state index in [1.807, 2.05) is 12.4 Å². The van der Waals surface area contributed by atoms with Crippen LogP contribution in [0.15, 0.2) is 12.4 Å². The lowest BCUT2D eigenvalue weighted by Gasteiger charge is -2.26. The lowest BCUT2D eigenvalue weighted by atomic mass is 9.80. The first-order valence-electron chi connectivity index (χ1n) is 8.13. The number of anilines is 1. The van der Waals surface area contributed by atoms with Gasteiger partial charge in [0.1, 0.15) is 0 Å². The maximum Gasteiger partial charge on any atom is 0.225 e. The largest absolute Gasteiger partial charge is 0.341 e. The summed E-state index contributed by atoms with van der Waals surface area (Å²) in [6, 6.07) is 0. The zero-order chi connectivity index (χ0) is 15.5. The van der Waals surface area contributed by atoms with Crippen molar-refractivity contribution in [3.63, 3.8) is 0 Å². The molecule has 1 saturated heterocycles. The second-order valence-electron chi connectivity index (χ2n) is 7.71. The predicted octanol–water partition coefficient (Wildman–Crippen LogP) is 3.09. The van der Waals surface area contributed by atoms with Crippen molar-refractivity contribution in [2.24, 2.45) is 17.3 Å². The summed E-state index contributed by atoms with van der Waals surface area (Å²) in [6.07, 6.45) is 5.16. The first-order valence-corrected chi connectivity index (χ1v) is 8.13. The highest BCUT2D eigenvalue weighted by Gasteiger charge is 2.32. The highest BCUT2D eigenvalue weighted by molar-refractivity contribution is 5.32. The van der Waals surface area contributed by atoms with E-state index in [1.54, 1.807) is 0 Å². The van der Waals surface area contributed by atoms with Gasteiger partial charge in [-0.2, -0.15) is 0 Å². The standard InChI is InChI=1S/C17H30N4/c1-13(2)8-18-9-14-10-19-16(20-11-14)21-7-6-15(12-21)17(3,4)5/h10-11,13,15,18H,6-9,12H2,1-5H3. The number of hydrogen-bond donors (Lipinski definition) is 1. The van der Waals surface area contributed by atoms with E-state index in [1.165, 1.54) is 6.42 Å². The van der Waals surface area contributed by atoms with E-state index in [-0.39, 0.29) is 0 Å². The van der Waals surface area contributed by atoms with E-state index >= 15 is 0 Å². The first kappa shape index (κ1) is 16.2. The average Bonchev–Trinajstić information content (AvgIpc) is 2.88. The fourth-order valence-corrected chi connectivity index (χ4v) is 2.76. The Morgan fingerprint density at radius 3 is 2.48 bits per heavy atom. The van der Waals surface area contributed by atoms with Gasteiger partial charge in [0.05, 0.1) is 0 Å². The molecule has 118 valence electrons. The molecule has 2 rings (SSSR count). The normalized spacial score (nSPS) is 19.5. The molecule has 0 amide bonds. The summed E-state index contributed by atoms with van der Waals surface area (Å²) in [5, 5.41) is 3.42. The zero-order valence-electron chi connectivity index (χ0n) is 14.2. The second-order valence-corrected chi connectivity index (χ2v) is 7.71. The van der Waals surface area contributed by atoms with Crippen molar-refractivity contribution in [1.82, 2.24) is 15.3 Å². The third-order valence-electron chi connectivity index (χ3n) is 4.27. The van der Waals surface area contributed by atoms with E-state index in [9.17, 15) is 0 Å². The molecular formula is C17H30N4. The third kappa shape index (κ3) is 4.67. The quantitative estimate of drug-likeness (QED) is 0.905. The number of aromatic nitrogens is 2. The van der Waals surface area contributed by atoms with Gasteiger partial charge in [-0.25, -0.2) is 9.97 Å². The fraction of sp³-hybridized carbons (Fsp3) is 0.765. The molecule has 1 aromatic rings. The smallest absolute Gasteiger partial charge is 0.225 e. The van der Waals surface area contributed by atoms with Crippen LogP contribution in [-0.2, 0) is 6.54 Å². The molecule has 0 aromatic carbocycles. The molecule has 1 fully saturated rings. The minimum Gasteiger partial charge on any atom is -0.341 e. The second kappa shape index (κ2) is 6.73. The van der Waals surface area contributed by atoms with Crippen LogP contribution < -0.4 is 10.2 Å². The van der Waals surface area contributed by atoms with Crippen molar-refractivity contribution < 1.29 is 0 Å². The van der Waals surface area contributed by atoms with E-state index < -0.39 is 0 Å². The van der Waals surface area contributed by atoms with Gasteiger partial charge in [-0.05, 0) is 30.2 Å². The summed E-state index contributed by atoms with van der Waals surface area (Å²) in [7, 11) is 0. The van der Waals surface area contributed by atoms with Crippen LogP contribution in [-0.4, -0.2) is 29.6 Å². The average molecular weight is 290 g/mol. The molecule has 1 atom stereocenters. The summed E-state index contributed by atoms with van der Waals surface area (Å²) in [6.45, 7) is 15.4. The highest BCUT2D eigenvalue weighted by Crippen LogP contribution is 2.34. The van der Waals surface area contributed by atoms with E-state index in [4.69, 9.17) is 0 Å². The molecule has 0 bridgehead atoms. The SMILES string of the molecule is CC(C)CNCc1cnc(N2CCC(C(C)(C)C)C2)nc1. The molecule has 4 nitrogen and oxygen atoms in total. The Bertz CT molecular complexity index is 433. The van der Waals surface area contributed by atoms with Gasteiger partial charge in [0, 0.05) is 37.6 Å². The molecule has 1 aromatic heterocycles. The Morgan fingerprint density at radius 1 is 1.29 bits per heavy atom. The van der Waals surface area contributed by atoms with Crippen LogP contribution >= 0.6 is 0 Å². The van der Waals surface area contributed by atoms with Gasteiger partial charge < -0.3 is 10.2 Å². The number of nitrogens with zero attached hydrogens (tertiary/aromatic N) is 3. The maximum atomic E-state index is 4.55. The van der Waals surface area contributed by atoms with Crippen LogP contribution in [0.4, 0.5) is 5.95 Å². The minimum absolute atomic E-state index is 0.370. The van der Waals surface area contributed by atoms with Crippen molar-refractivity contribution in [2.45, 2.75) is 47.6 Å². The molecule has 1 N–H and O–H groups in total. The molecular weight excluding hydrogens is 260 g/mol. The van der Waals surface area contributed by atoms with Crippen molar-refractivity contribution in [2.75, 3.05) is 24.5 Å². The van der Waals surface area contributed by atoms with Crippen LogP contribution in [0.2, 0.25) is 0 Å². The molecule has 0 saturated carbocycles. The summed E-state index contributed by atoms with van der Waals surface area (Å²) < 4.78 is 0. The first-order chi connectivity index (χ1) is 9.86. The van der Waals surface area contributed by atoms with E-state index in [0.29, 0.717) is 11.3 Å². The molecule has 2 heterocycles. The van der Waals surface area contributed by atoms with Crippen molar-refractivity contribution in [3.8, 4) is 0 Å². The molecule has 1 aliphatic rings. The van der Waals surface area contributed by atoms with Crippen molar-refractivity contribution in [3.05, 3.63) is 18.0 Å². The predicted molar refractivity (Wildman–Crippen MR) is 88.4 cm³/mol. The molecule has 0 aliphatic carbocycles. The lowest BCUT2D eigenvalue weighted by molar-refractivity contribution is 0.263. The monoisotopic (exact) mass is 290 g/mol. The topological polar surface area (TPSA) is 41.1 Å². The van der Waals surface area contributed by atoms with Crippen LogP contribution in [0, 0.1) is 17.3 Å². The lowest BCUT2D eigenvalue weighted by Crippen LogP contribution is -2.27. The number of hydrogen-bond acceptors (Lipinski definition) is 4. The van der Waals surface area contributed by atoms with Crippen LogP contribution in [0.3, 0.4) is 0 Å². The summed E-state index contributed by atoms with van der Waals surface area (Å²) in [4.78, 5) is 11.4. The highest BCUT2D eigenvalue weighted by atomic mass is 15.3. The zero-order valence-corrected chi connectivity index (χ0v) is 14.2. The molecule has 21 heavy (non-hydrogen) atoms. The van der Waals surface area contributed by atoms with E-state index in [2.05, 4.69) is 54.8 Å². The van der Waals surface area contributed by atoms with Crippen molar-refractivity contribution in [1.29, 1.82) is 0 Å². The van der Waals surface area contributed by atoms with Gasteiger partial charge in [0.25, 0.3) is 0 Å². The Kier molecular flexibility index (Phi) is 5.20. The summed E-state index contributed by atoms with van der Waals surface area (Å²) in [5.74, 6) is 2.28. The number of nitrogens with one attached hydrogen (secondary N) is 1. The molecule has 0 spiro atoms. The molecule has 1 unspecified atom stereocenters.